The van der Waals surface area contributed by atoms with Crippen LogP contribution in [0.4, 0.5) is 0 Å². The van der Waals surface area contributed by atoms with Crippen molar-refractivity contribution < 1.29 is 72.2 Å². The number of aliphatic hydroxyl groups is 7. The van der Waals surface area contributed by atoms with E-state index in [1.165, 1.54) is 0 Å². The Morgan fingerprint density at radius 1 is 0.737 bits per heavy atom. The number of hydrogen-bond donors (Lipinski definition) is 11. The van der Waals surface area contributed by atoms with E-state index in [9.17, 15) is 35.7 Å². The van der Waals surface area contributed by atoms with E-state index >= 15 is 0 Å². The Labute approximate surface area is 217 Å². The minimum Gasteiger partial charge on any atom is -0.759 e. The van der Waals surface area contributed by atoms with Gasteiger partial charge in [0.2, 0.25) is 0 Å². The summed E-state index contributed by atoms with van der Waals surface area (Å²) in [5, 5.41) is 70.9. The zero-order valence-electron chi connectivity index (χ0n) is 19.9. The second-order valence-corrected chi connectivity index (χ2v) is 10.0. The Bertz CT molecular complexity index is 783. The third kappa shape index (κ3) is 8.15. The highest BCUT2D eigenvalue weighted by atomic mass is 32.3. The lowest BCUT2D eigenvalue weighted by molar-refractivity contribution is -0.332. The maximum Gasteiger partial charge on any atom is 0.187 e. The second kappa shape index (κ2) is 13.8. The van der Waals surface area contributed by atoms with E-state index in [4.69, 9.17) is 59.4 Å². The molecule has 20 heteroatoms. The van der Waals surface area contributed by atoms with Crippen LogP contribution in [0.2, 0.25) is 0 Å². The lowest BCUT2D eigenvalue weighted by Crippen LogP contribution is -2.68. The number of hydrogen-bond acceptors (Lipinski definition) is 19. The molecular formula is C18H36N4O15S-2. The van der Waals surface area contributed by atoms with Crippen molar-refractivity contribution in [2.45, 2.75) is 98.2 Å². The van der Waals surface area contributed by atoms with Crippen molar-refractivity contribution in [3.63, 3.8) is 0 Å². The van der Waals surface area contributed by atoms with Crippen LogP contribution >= 0.6 is 0 Å². The average molecular weight is 581 g/mol. The maximum absolute atomic E-state index is 10.9. The van der Waals surface area contributed by atoms with Crippen LogP contribution in [0.25, 0.3) is 0 Å². The Kier molecular flexibility index (Phi) is 12.1. The van der Waals surface area contributed by atoms with Gasteiger partial charge in [0.25, 0.3) is 0 Å². The molecule has 0 unspecified atom stereocenters. The first-order valence-electron chi connectivity index (χ1n) is 11.5. The van der Waals surface area contributed by atoms with Gasteiger partial charge in [-0.2, -0.15) is 0 Å². The van der Waals surface area contributed by atoms with Gasteiger partial charge in [-0.05, 0) is 6.42 Å². The van der Waals surface area contributed by atoms with Crippen molar-refractivity contribution in [2.24, 2.45) is 22.9 Å². The molecule has 15 N–H and O–H groups in total. The topological polar surface area (TPSA) is 363 Å². The SMILES string of the molecule is NC[C@H]1O[C@H](O[C@H]2[C@H](O)[C@@H](O[C@H]3O[C@H](CO)[C@@H](O)[C@H](N)[C@H]3O)[C@H](N)C[C@@H]2N)[C@H](O)[C@@H](O)[C@@H]1O.O=S(=O)([O-])[O-]. The molecule has 0 aromatic heterocycles. The first-order valence-corrected chi connectivity index (χ1v) is 12.8. The van der Waals surface area contributed by atoms with Crippen molar-refractivity contribution in [1.29, 1.82) is 0 Å². The largest absolute Gasteiger partial charge is 0.759 e. The van der Waals surface area contributed by atoms with Gasteiger partial charge in [-0.15, -0.1) is 0 Å². The first-order chi connectivity index (χ1) is 17.5. The molecular weight excluding hydrogens is 544 g/mol. The third-order valence-electron chi connectivity index (χ3n) is 6.48. The van der Waals surface area contributed by atoms with Gasteiger partial charge >= 0.3 is 0 Å². The quantitative estimate of drug-likeness (QED) is 0.102. The van der Waals surface area contributed by atoms with Gasteiger partial charge in [-0.3, -0.25) is 8.42 Å². The van der Waals surface area contributed by atoms with Gasteiger partial charge in [-0.25, -0.2) is 0 Å². The van der Waals surface area contributed by atoms with Crippen molar-refractivity contribution in [1.82, 2.24) is 0 Å². The Morgan fingerprint density at radius 3 is 1.63 bits per heavy atom. The summed E-state index contributed by atoms with van der Waals surface area (Å²) in [6.07, 6.45) is -16.5. The molecule has 1 aliphatic carbocycles. The minimum absolute atomic E-state index is 0.0849. The maximum atomic E-state index is 10.9. The molecule has 15 atom stereocenters. The fraction of sp³-hybridized carbons (Fsp3) is 1.00. The molecule has 2 heterocycles. The fourth-order valence-electron chi connectivity index (χ4n) is 4.40. The van der Waals surface area contributed by atoms with Gasteiger partial charge in [0.05, 0.1) is 12.6 Å². The van der Waals surface area contributed by atoms with Crippen LogP contribution in [-0.2, 0) is 29.3 Å². The molecule has 0 amide bonds. The summed E-state index contributed by atoms with van der Waals surface area (Å²) in [4.78, 5) is 0. The molecule has 2 aliphatic heterocycles. The van der Waals surface area contributed by atoms with E-state index in [2.05, 4.69) is 0 Å². The standard InChI is InChI=1S/C18H36N4O11.H2O4S/c19-2-6-10(25)12(27)13(28)18(30-6)33-16-5(21)1-4(20)15(14(16)29)32-17-11(26)8(22)9(24)7(3-23)31-17;1-5(2,3)4/h4-18,23-29H,1-3,19-22H2;(H2,1,2,3,4)/p-2/t4-,5+,6-,7-,8+,9-,10-,11-,12+,13-,14-,15+,16-,17-,18-;/m1./s1. The highest BCUT2D eigenvalue weighted by molar-refractivity contribution is 7.79. The smallest absolute Gasteiger partial charge is 0.187 e. The summed E-state index contributed by atoms with van der Waals surface area (Å²) in [7, 11) is -5.17. The Morgan fingerprint density at radius 2 is 1.18 bits per heavy atom. The highest BCUT2D eigenvalue weighted by Crippen LogP contribution is 2.31. The van der Waals surface area contributed by atoms with Gasteiger partial charge in [-0.1, -0.05) is 0 Å². The van der Waals surface area contributed by atoms with Crippen molar-refractivity contribution in [2.75, 3.05) is 13.2 Å². The summed E-state index contributed by atoms with van der Waals surface area (Å²) >= 11 is 0. The van der Waals surface area contributed by atoms with Gasteiger partial charge in [0, 0.05) is 29.0 Å². The lowest BCUT2D eigenvalue weighted by Gasteiger charge is -2.48. The summed E-state index contributed by atoms with van der Waals surface area (Å²) < 4.78 is 56.3. The molecule has 0 aromatic rings. The number of aliphatic hydroxyl groups excluding tert-OH is 7. The van der Waals surface area contributed by atoms with Crippen LogP contribution < -0.4 is 22.9 Å². The van der Waals surface area contributed by atoms with Crippen LogP contribution in [0.1, 0.15) is 6.42 Å². The zero-order chi connectivity index (χ0) is 29.1. The summed E-state index contributed by atoms with van der Waals surface area (Å²) in [5.74, 6) is 0. The van der Waals surface area contributed by atoms with Gasteiger partial charge < -0.3 is 86.7 Å². The monoisotopic (exact) mass is 580 g/mol. The third-order valence-corrected chi connectivity index (χ3v) is 6.48. The van der Waals surface area contributed by atoms with Crippen LogP contribution in [0, 0.1) is 0 Å². The predicted octanol–water partition coefficient (Wildman–Crippen LogP) is -8.63. The predicted molar refractivity (Wildman–Crippen MR) is 118 cm³/mol. The van der Waals surface area contributed by atoms with Gasteiger partial charge in [0.1, 0.15) is 61.0 Å². The molecule has 226 valence electrons. The molecule has 3 rings (SSSR count). The lowest BCUT2D eigenvalue weighted by atomic mass is 9.84. The molecule has 38 heavy (non-hydrogen) atoms. The van der Waals surface area contributed by atoms with E-state index in [0.29, 0.717) is 0 Å². The molecule has 2 saturated heterocycles. The van der Waals surface area contributed by atoms with Crippen molar-refractivity contribution in [3.05, 3.63) is 0 Å². The molecule has 0 bridgehead atoms. The molecule has 0 spiro atoms. The van der Waals surface area contributed by atoms with Crippen molar-refractivity contribution >= 4 is 10.4 Å². The number of rotatable bonds is 6. The molecule has 0 aromatic carbocycles. The first kappa shape index (κ1) is 33.5. The summed E-state index contributed by atoms with van der Waals surface area (Å²) in [5.41, 5.74) is 23.5. The van der Waals surface area contributed by atoms with E-state index in [0.717, 1.165) is 0 Å². The van der Waals surface area contributed by atoms with Crippen LogP contribution in [0.15, 0.2) is 0 Å². The number of nitrogens with two attached hydrogens (primary N) is 4. The Balaban J connectivity index is 0.000000926. The summed E-state index contributed by atoms with van der Waals surface area (Å²) in [6, 6.07) is -2.86. The molecule has 1 saturated carbocycles. The average Bonchev–Trinajstić information content (AvgIpc) is 2.83. The zero-order valence-corrected chi connectivity index (χ0v) is 20.7. The second-order valence-electron chi connectivity index (χ2n) is 9.20. The van der Waals surface area contributed by atoms with E-state index < -0.39 is 109 Å². The van der Waals surface area contributed by atoms with E-state index in [-0.39, 0.29) is 13.0 Å². The van der Waals surface area contributed by atoms with E-state index in [1.807, 2.05) is 0 Å². The number of ether oxygens (including phenoxy) is 4. The van der Waals surface area contributed by atoms with E-state index in [1.54, 1.807) is 0 Å². The minimum atomic E-state index is -5.17. The van der Waals surface area contributed by atoms with Crippen molar-refractivity contribution in [3.8, 4) is 0 Å². The molecule has 3 fully saturated rings. The molecule has 0 radical (unpaired) electrons. The van der Waals surface area contributed by atoms with Crippen LogP contribution in [0.3, 0.4) is 0 Å². The highest BCUT2D eigenvalue weighted by Gasteiger charge is 2.51. The molecule has 19 nitrogen and oxygen atoms in total. The summed E-state index contributed by atoms with van der Waals surface area (Å²) in [6.45, 7) is -0.763. The normalized spacial score (nSPS) is 48.2. The van der Waals surface area contributed by atoms with Gasteiger partial charge in [0.15, 0.2) is 12.6 Å². The molecule has 3 aliphatic rings. The Hall–Kier alpha value is -0.730. The fourth-order valence-corrected chi connectivity index (χ4v) is 4.40. The van der Waals surface area contributed by atoms with Crippen LogP contribution in [-0.4, -0.2) is 158 Å². The van der Waals surface area contributed by atoms with Crippen LogP contribution in [0.5, 0.6) is 0 Å².